The zero-order valence-electron chi connectivity index (χ0n) is 11.6. The average Bonchev–Trinajstić information content (AvgIpc) is 2.43. The van der Waals surface area contributed by atoms with Gasteiger partial charge >= 0.3 is 6.18 Å². The Morgan fingerprint density at radius 3 is 2.67 bits per heavy atom. The third-order valence-corrected chi connectivity index (χ3v) is 2.41. The van der Waals surface area contributed by atoms with E-state index in [0.29, 0.717) is 5.75 Å². The van der Waals surface area contributed by atoms with Gasteiger partial charge in [-0.3, -0.25) is 0 Å². The SMILES string of the molecule is NCC#Cc1cccc(OCCOCCCC(F)(F)F)c1. The molecule has 1 aromatic rings. The molecule has 6 heteroatoms. The molecule has 1 rings (SSSR count). The third kappa shape index (κ3) is 8.95. The highest BCUT2D eigenvalue weighted by atomic mass is 19.4. The fourth-order valence-electron chi connectivity index (χ4n) is 1.51. The fourth-order valence-corrected chi connectivity index (χ4v) is 1.51. The summed E-state index contributed by atoms with van der Waals surface area (Å²) >= 11 is 0. The Balaban J connectivity index is 2.18. The van der Waals surface area contributed by atoms with Crippen LogP contribution in [0.1, 0.15) is 18.4 Å². The van der Waals surface area contributed by atoms with Crippen LogP contribution in [0.15, 0.2) is 24.3 Å². The second kappa shape index (κ2) is 9.27. The van der Waals surface area contributed by atoms with Crippen molar-refractivity contribution < 1.29 is 22.6 Å². The first-order valence-electron chi connectivity index (χ1n) is 6.57. The Hall–Kier alpha value is -1.71. The van der Waals surface area contributed by atoms with Gasteiger partial charge in [0.05, 0.1) is 13.2 Å². The maximum absolute atomic E-state index is 11.9. The van der Waals surface area contributed by atoms with Crippen molar-refractivity contribution in [3.05, 3.63) is 29.8 Å². The molecule has 0 spiro atoms. The standard InChI is InChI=1S/C15H18F3NO2/c16-15(17,18)7-3-9-20-10-11-21-14-6-1-4-13(12-14)5-2-8-19/h1,4,6,12H,3,7-11,19H2. The largest absolute Gasteiger partial charge is 0.491 e. The van der Waals surface area contributed by atoms with Crippen molar-refractivity contribution in [3.8, 4) is 17.6 Å². The first kappa shape index (κ1) is 17.3. The number of halogens is 3. The summed E-state index contributed by atoms with van der Waals surface area (Å²) in [6.07, 6.45) is -4.98. The minimum Gasteiger partial charge on any atom is -0.491 e. The van der Waals surface area contributed by atoms with Crippen LogP contribution in [0.25, 0.3) is 0 Å². The molecule has 0 aliphatic rings. The molecule has 0 aliphatic carbocycles. The van der Waals surface area contributed by atoms with Crippen LogP contribution in [0.5, 0.6) is 5.75 Å². The van der Waals surface area contributed by atoms with E-state index in [-0.39, 0.29) is 32.8 Å². The van der Waals surface area contributed by atoms with Gasteiger partial charge in [-0.2, -0.15) is 13.2 Å². The normalized spacial score (nSPS) is 10.9. The van der Waals surface area contributed by atoms with E-state index in [4.69, 9.17) is 15.2 Å². The number of alkyl halides is 3. The number of hydrogen-bond acceptors (Lipinski definition) is 3. The summed E-state index contributed by atoms with van der Waals surface area (Å²) in [6.45, 7) is 0.887. The summed E-state index contributed by atoms with van der Waals surface area (Å²) < 4.78 is 46.1. The molecule has 116 valence electrons. The van der Waals surface area contributed by atoms with E-state index >= 15 is 0 Å². The van der Waals surface area contributed by atoms with Gasteiger partial charge in [0.2, 0.25) is 0 Å². The molecule has 21 heavy (non-hydrogen) atoms. The van der Waals surface area contributed by atoms with E-state index < -0.39 is 12.6 Å². The highest BCUT2D eigenvalue weighted by Gasteiger charge is 2.25. The molecule has 0 saturated heterocycles. The summed E-state index contributed by atoms with van der Waals surface area (Å²) in [4.78, 5) is 0. The Labute approximate surface area is 122 Å². The Morgan fingerprint density at radius 1 is 1.14 bits per heavy atom. The number of hydrogen-bond donors (Lipinski definition) is 1. The van der Waals surface area contributed by atoms with Crippen molar-refractivity contribution in [3.63, 3.8) is 0 Å². The van der Waals surface area contributed by atoms with Gasteiger partial charge in [0.15, 0.2) is 0 Å². The topological polar surface area (TPSA) is 44.5 Å². The van der Waals surface area contributed by atoms with Crippen molar-refractivity contribution in [1.82, 2.24) is 0 Å². The minimum atomic E-state index is -4.12. The molecule has 0 saturated carbocycles. The molecule has 3 nitrogen and oxygen atoms in total. The molecule has 0 aliphatic heterocycles. The van der Waals surface area contributed by atoms with Crippen LogP contribution in [-0.4, -0.2) is 32.5 Å². The van der Waals surface area contributed by atoms with Crippen molar-refractivity contribution in [2.24, 2.45) is 5.73 Å². The summed E-state index contributed by atoms with van der Waals surface area (Å²) in [5.74, 6) is 6.26. The predicted molar refractivity (Wildman–Crippen MR) is 74.0 cm³/mol. The molecule has 0 radical (unpaired) electrons. The first-order chi connectivity index (χ1) is 10.0. The van der Waals surface area contributed by atoms with Crippen molar-refractivity contribution in [1.29, 1.82) is 0 Å². The molecule has 0 fully saturated rings. The number of benzene rings is 1. The molecule has 2 N–H and O–H groups in total. The third-order valence-electron chi connectivity index (χ3n) is 2.41. The molecular formula is C15H18F3NO2. The Bertz CT molecular complexity index is 478. The maximum atomic E-state index is 11.9. The summed E-state index contributed by atoms with van der Waals surface area (Å²) in [5, 5.41) is 0. The van der Waals surface area contributed by atoms with E-state index in [9.17, 15) is 13.2 Å². The molecule has 0 heterocycles. The zero-order valence-corrected chi connectivity index (χ0v) is 11.6. The number of rotatable bonds is 7. The van der Waals surface area contributed by atoms with Gasteiger partial charge in [0, 0.05) is 18.6 Å². The van der Waals surface area contributed by atoms with E-state index in [1.54, 1.807) is 18.2 Å². The van der Waals surface area contributed by atoms with Gasteiger partial charge < -0.3 is 15.2 Å². The molecular weight excluding hydrogens is 283 g/mol. The second-order valence-corrected chi connectivity index (χ2v) is 4.21. The zero-order chi connectivity index (χ0) is 15.6. The van der Waals surface area contributed by atoms with E-state index in [2.05, 4.69) is 11.8 Å². The van der Waals surface area contributed by atoms with Crippen LogP contribution < -0.4 is 10.5 Å². The van der Waals surface area contributed by atoms with Crippen LogP contribution in [0.2, 0.25) is 0 Å². The smallest absolute Gasteiger partial charge is 0.389 e. The summed E-state index contributed by atoms with van der Waals surface area (Å²) in [7, 11) is 0. The maximum Gasteiger partial charge on any atom is 0.389 e. The van der Waals surface area contributed by atoms with Gasteiger partial charge in [-0.15, -0.1) is 0 Å². The van der Waals surface area contributed by atoms with Crippen LogP contribution in [-0.2, 0) is 4.74 Å². The fraction of sp³-hybridized carbons (Fsp3) is 0.467. The lowest BCUT2D eigenvalue weighted by Crippen LogP contribution is -2.11. The highest BCUT2D eigenvalue weighted by molar-refractivity contribution is 5.39. The molecule has 0 bridgehead atoms. The van der Waals surface area contributed by atoms with Crippen molar-refractivity contribution in [2.75, 3.05) is 26.4 Å². The van der Waals surface area contributed by atoms with Crippen LogP contribution in [0.4, 0.5) is 13.2 Å². The van der Waals surface area contributed by atoms with Gasteiger partial charge in [-0.1, -0.05) is 17.9 Å². The Kier molecular flexibility index (Phi) is 7.65. The summed E-state index contributed by atoms with van der Waals surface area (Å²) in [6, 6.07) is 7.19. The summed E-state index contributed by atoms with van der Waals surface area (Å²) in [5.41, 5.74) is 6.08. The Morgan fingerprint density at radius 2 is 1.95 bits per heavy atom. The lowest BCUT2D eigenvalue weighted by Gasteiger charge is -2.08. The van der Waals surface area contributed by atoms with Crippen molar-refractivity contribution >= 4 is 0 Å². The minimum absolute atomic E-state index is 0.0341. The molecule has 0 atom stereocenters. The van der Waals surface area contributed by atoms with Gasteiger partial charge in [0.1, 0.15) is 12.4 Å². The number of ether oxygens (including phenoxy) is 2. The second-order valence-electron chi connectivity index (χ2n) is 4.21. The van der Waals surface area contributed by atoms with Gasteiger partial charge in [0.25, 0.3) is 0 Å². The van der Waals surface area contributed by atoms with Crippen molar-refractivity contribution in [2.45, 2.75) is 19.0 Å². The van der Waals surface area contributed by atoms with Gasteiger partial charge in [-0.05, 0) is 24.6 Å². The molecule has 0 unspecified atom stereocenters. The van der Waals surface area contributed by atoms with E-state index in [1.807, 2.05) is 6.07 Å². The van der Waals surface area contributed by atoms with E-state index in [1.165, 1.54) is 0 Å². The molecule has 0 aromatic heterocycles. The average molecular weight is 301 g/mol. The lowest BCUT2D eigenvalue weighted by molar-refractivity contribution is -0.138. The highest BCUT2D eigenvalue weighted by Crippen LogP contribution is 2.21. The van der Waals surface area contributed by atoms with Crippen LogP contribution >= 0.6 is 0 Å². The van der Waals surface area contributed by atoms with Crippen LogP contribution in [0, 0.1) is 11.8 Å². The van der Waals surface area contributed by atoms with E-state index in [0.717, 1.165) is 5.56 Å². The quantitative estimate of drug-likeness (QED) is 0.622. The molecule has 1 aromatic carbocycles. The lowest BCUT2D eigenvalue weighted by atomic mass is 10.2. The first-order valence-corrected chi connectivity index (χ1v) is 6.57. The van der Waals surface area contributed by atoms with Gasteiger partial charge in [-0.25, -0.2) is 0 Å². The van der Waals surface area contributed by atoms with Crippen LogP contribution in [0.3, 0.4) is 0 Å². The molecule has 0 amide bonds. The number of nitrogens with two attached hydrogens (primary N) is 1. The monoisotopic (exact) mass is 301 g/mol. The predicted octanol–water partition coefficient (Wildman–Crippen LogP) is 2.73.